The largest absolute Gasteiger partial charge is 0.491 e. The summed E-state index contributed by atoms with van der Waals surface area (Å²) in [4.78, 5) is 9.26. The van der Waals surface area contributed by atoms with Crippen molar-refractivity contribution in [3.8, 4) is 5.75 Å². The number of rotatable bonds is 7. The number of benzene rings is 1. The third-order valence-electron chi connectivity index (χ3n) is 4.79. The summed E-state index contributed by atoms with van der Waals surface area (Å²) in [7, 11) is 0. The number of ether oxygens (including phenoxy) is 1. The van der Waals surface area contributed by atoms with Crippen LogP contribution in [0.15, 0.2) is 23.2 Å². The van der Waals surface area contributed by atoms with Gasteiger partial charge in [0.25, 0.3) is 0 Å². The predicted octanol–water partition coefficient (Wildman–Crippen LogP) is 3.63. The normalized spacial score (nSPS) is 16.1. The smallest absolute Gasteiger partial charge is 0.191 e. The Kier molecular flexibility index (Phi) is 9.32. The molecule has 2 heterocycles. The van der Waals surface area contributed by atoms with E-state index < -0.39 is 0 Å². The van der Waals surface area contributed by atoms with Gasteiger partial charge in [0.15, 0.2) is 23.4 Å². The first-order valence-corrected chi connectivity index (χ1v) is 10.4. The Labute approximate surface area is 194 Å². The fraction of sp³-hybridized carbons (Fsp3) is 0.571. The van der Waals surface area contributed by atoms with Crippen molar-refractivity contribution in [3.05, 3.63) is 41.2 Å². The average molecular weight is 530 g/mol. The lowest BCUT2D eigenvalue weighted by molar-refractivity contribution is 0.321. The quantitative estimate of drug-likeness (QED) is 0.325. The van der Waals surface area contributed by atoms with E-state index >= 15 is 0 Å². The maximum Gasteiger partial charge on any atom is 0.191 e. The molecule has 166 valence electrons. The molecule has 1 aliphatic heterocycles. The summed E-state index contributed by atoms with van der Waals surface area (Å²) in [6.07, 6.45) is 1.86. The summed E-state index contributed by atoms with van der Waals surface area (Å²) < 4.78 is 21.3. The van der Waals surface area contributed by atoms with Crippen LogP contribution in [0.4, 0.5) is 4.39 Å². The fourth-order valence-corrected chi connectivity index (χ4v) is 3.29. The van der Waals surface area contributed by atoms with Crippen LogP contribution < -0.4 is 15.4 Å². The van der Waals surface area contributed by atoms with Crippen LogP contribution in [0.5, 0.6) is 5.75 Å². The number of aliphatic imine (C=N–C) groups is 1. The maximum absolute atomic E-state index is 14.1. The fourth-order valence-electron chi connectivity index (χ4n) is 3.29. The Hall–Kier alpha value is -1.91. The van der Waals surface area contributed by atoms with Crippen molar-refractivity contribution >= 4 is 29.9 Å². The molecular formula is C21H32FIN6O. The summed E-state index contributed by atoms with van der Waals surface area (Å²) >= 11 is 0. The van der Waals surface area contributed by atoms with Gasteiger partial charge in [-0.15, -0.1) is 24.0 Å². The zero-order valence-electron chi connectivity index (χ0n) is 18.1. The van der Waals surface area contributed by atoms with Gasteiger partial charge in [-0.1, -0.05) is 19.9 Å². The van der Waals surface area contributed by atoms with Crippen molar-refractivity contribution in [1.82, 2.24) is 25.4 Å². The molecule has 0 aliphatic carbocycles. The van der Waals surface area contributed by atoms with E-state index in [-0.39, 0.29) is 41.6 Å². The van der Waals surface area contributed by atoms with E-state index in [4.69, 9.17) is 4.74 Å². The molecule has 1 aliphatic rings. The van der Waals surface area contributed by atoms with E-state index in [1.54, 1.807) is 6.07 Å². The third kappa shape index (κ3) is 6.29. The zero-order chi connectivity index (χ0) is 20.8. The number of fused-ring (bicyclic) bond motifs is 1. The van der Waals surface area contributed by atoms with Gasteiger partial charge in [0, 0.05) is 24.9 Å². The van der Waals surface area contributed by atoms with Gasteiger partial charge >= 0.3 is 0 Å². The number of nitrogens with one attached hydrogen (secondary N) is 2. The first-order chi connectivity index (χ1) is 14.0. The second kappa shape index (κ2) is 11.5. The van der Waals surface area contributed by atoms with Gasteiger partial charge in [-0.25, -0.2) is 19.0 Å². The highest BCUT2D eigenvalue weighted by molar-refractivity contribution is 14.0. The number of halogens is 2. The number of hydrogen-bond acceptors (Lipinski definition) is 4. The highest BCUT2D eigenvalue weighted by atomic mass is 127. The van der Waals surface area contributed by atoms with E-state index in [9.17, 15) is 4.39 Å². The van der Waals surface area contributed by atoms with Crippen LogP contribution in [0.1, 0.15) is 57.2 Å². The Morgan fingerprint density at radius 1 is 1.37 bits per heavy atom. The van der Waals surface area contributed by atoms with Gasteiger partial charge in [0.05, 0.1) is 19.7 Å². The topological polar surface area (TPSA) is 76.4 Å². The summed E-state index contributed by atoms with van der Waals surface area (Å²) in [5.41, 5.74) is 0.798. The monoisotopic (exact) mass is 530 g/mol. The summed E-state index contributed by atoms with van der Waals surface area (Å²) in [6.45, 7) is 10.4. The number of guanidine groups is 1. The van der Waals surface area contributed by atoms with Gasteiger partial charge in [-0.2, -0.15) is 5.10 Å². The molecule has 0 saturated carbocycles. The van der Waals surface area contributed by atoms with Crippen molar-refractivity contribution in [3.63, 3.8) is 0 Å². The van der Waals surface area contributed by atoms with Gasteiger partial charge in [0.2, 0.25) is 0 Å². The van der Waals surface area contributed by atoms with E-state index in [1.165, 1.54) is 6.07 Å². The van der Waals surface area contributed by atoms with Crippen LogP contribution in [-0.2, 0) is 19.5 Å². The molecule has 2 aromatic rings. The minimum absolute atomic E-state index is 0. The number of aryl methyl sites for hydroxylation is 1. The Morgan fingerprint density at radius 2 is 2.17 bits per heavy atom. The summed E-state index contributed by atoms with van der Waals surface area (Å²) in [5, 5.41) is 11.4. The first kappa shape index (κ1) is 24.4. The van der Waals surface area contributed by atoms with E-state index in [0.717, 1.165) is 49.1 Å². The molecule has 0 radical (unpaired) electrons. The highest BCUT2D eigenvalue weighted by Gasteiger charge is 2.23. The number of nitrogens with zero attached hydrogens (tertiary/aromatic N) is 4. The van der Waals surface area contributed by atoms with Crippen molar-refractivity contribution in [2.45, 2.75) is 65.6 Å². The molecule has 1 atom stereocenters. The lowest BCUT2D eigenvalue weighted by atomic mass is 10.1. The molecule has 1 aromatic carbocycles. The van der Waals surface area contributed by atoms with Crippen molar-refractivity contribution in [1.29, 1.82) is 0 Å². The molecule has 2 N–H and O–H groups in total. The number of hydrogen-bond donors (Lipinski definition) is 2. The minimum atomic E-state index is -0.357. The molecule has 0 saturated heterocycles. The molecular weight excluding hydrogens is 498 g/mol. The number of aromatic nitrogens is 3. The predicted molar refractivity (Wildman–Crippen MR) is 127 cm³/mol. The molecule has 30 heavy (non-hydrogen) atoms. The molecule has 0 amide bonds. The minimum Gasteiger partial charge on any atom is -0.491 e. The van der Waals surface area contributed by atoms with Crippen LogP contribution in [-0.4, -0.2) is 39.9 Å². The molecule has 1 unspecified atom stereocenters. The third-order valence-corrected chi connectivity index (χ3v) is 4.79. The Balaban J connectivity index is 0.00000320. The Morgan fingerprint density at radius 3 is 2.83 bits per heavy atom. The molecule has 1 aromatic heterocycles. The molecule has 0 spiro atoms. The van der Waals surface area contributed by atoms with Crippen LogP contribution in [0, 0.1) is 5.82 Å². The first-order valence-electron chi connectivity index (χ1n) is 10.4. The highest BCUT2D eigenvalue weighted by Crippen LogP contribution is 2.19. The van der Waals surface area contributed by atoms with Crippen molar-refractivity contribution < 1.29 is 9.13 Å². The van der Waals surface area contributed by atoms with E-state index in [2.05, 4.69) is 39.6 Å². The summed E-state index contributed by atoms with van der Waals surface area (Å²) in [5.74, 6) is 2.92. The van der Waals surface area contributed by atoms with Crippen molar-refractivity contribution in [2.75, 3.05) is 13.2 Å². The van der Waals surface area contributed by atoms with Gasteiger partial charge < -0.3 is 15.4 Å². The second-order valence-electron chi connectivity index (χ2n) is 7.50. The van der Waals surface area contributed by atoms with E-state index in [1.807, 2.05) is 24.6 Å². The van der Waals surface area contributed by atoms with Crippen LogP contribution in [0.3, 0.4) is 0 Å². The average Bonchev–Trinajstić information content (AvgIpc) is 3.12. The molecule has 7 nitrogen and oxygen atoms in total. The standard InChI is InChI=1S/C21H31FN6O.HI/c1-5-23-21(24-12-15-7-9-18(29-6-2)17(22)11-15)25-16-8-10-19-26-20(14(3)4)27-28(19)13-16;/h7,9,11,14,16H,5-6,8,10,12-13H2,1-4H3,(H2,23,24,25);1H. The molecule has 0 bridgehead atoms. The van der Waals surface area contributed by atoms with Gasteiger partial charge in [-0.3, -0.25) is 0 Å². The van der Waals surface area contributed by atoms with Crippen LogP contribution in [0.2, 0.25) is 0 Å². The Bertz CT molecular complexity index is 854. The molecule has 3 rings (SSSR count). The maximum atomic E-state index is 14.1. The second-order valence-corrected chi connectivity index (χ2v) is 7.50. The summed E-state index contributed by atoms with van der Waals surface area (Å²) in [6, 6.07) is 5.20. The van der Waals surface area contributed by atoms with E-state index in [0.29, 0.717) is 19.1 Å². The van der Waals surface area contributed by atoms with Gasteiger partial charge in [0.1, 0.15) is 5.82 Å². The SMILES string of the molecule is CCNC(=NCc1ccc(OCC)c(F)c1)NC1CCc2nc(C(C)C)nn2C1.I. The van der Waals surface area contributed by atoms with Crippen LogP contribution in [0.25, 0.3) is 0 Å². The van der Waals surface area contributed by atoms with Crippen LogP contribution >= 0.6 is 24.0 Å². The lowest BCUT2D eigenvalue weighted by Gasteiger charge is -2.25. The van der Waals surface area contributed by atoms with Crippen molar-refractivity contribution in [2.24, 2.45) is 4.99 Å². The zero-order valence-corrected chi connectivity index (χ0v) is 20.4. The lowest BCUT2D eigenvalue weighted by Crippen LogP contribution is -2.47. The molecule has 0 fully saturated rings. The molecule has 9 heteroatoms. The van der Waals surface area contributed by atoms with Gasteiger partial charge in [-0.05, 0) is 38.0 Å².